The molecule has 0 radical (unpaired) electrons. The lowest BCUT2D eigenvalue weighted by molar-refractivity contribution is 0.176. The van der Waals surface area contributed by atoms with Gasteiger partial charge in [0, 0.05) is 5.75 Å². The second-order valence-corrected chi connectivity index (χ2v) is 6.66. The number of benzene rings is 1. The third-order valence-corrected chi connectivity index (χ3v) is 5.03. The van der Waals surface area contributed by atoms with E-state index < -0.39 is 21.2 Å². The van der Waals surface area contributed by atoms with E-state index in [9.17, 15) is 13.5 Å². The molecule has 3 nitrogen and oxygen atoms in total. The van der Waals surface area contributed by atoms with Crippen LogP contribution in [-0.4, -0.2) is 24.5 Å². The minimum Gasteiger partial charge on any atom is -0.387 e. The third-order valence-electron chi connectivity index (χ3n) is 2.83. The first-order valence-electron chi connectivity index (χ1n) is 5.34. The smallest absolute Gasteiger partial charge is 0.155 e. The quantitative estimate of drug-likeness (QED) is 0.876. The van der Waals surface area contributed by atoms with Crippen LogP contribution in [0, 0.1) is 6.92 Å². The van der Waals surface area contributed by atoms with Crippen molar-refractivity contribution in [3.63, 3.8) is 0 Å². The molecule has 16 heavy (non-hydrogen) atoms. The number of aryl methyl sites for hydroxylation is 1. The van der Waals surface area contributed by atoms with Crippen molar-refractivity contribution in [2.75, 3.05) is 5.75 Å². The Hall–Kier alpha value is -0.870. The van der Waals surface area contributed by atoms with Gasteiger partial charge in [-0.05, 0) is 19.4 Å². The van der Waals surface area contributed by atoms with E-state index in [4.69, 9.17) is 0 Å². The van der Waals surface area contributed by atoms with Gasteiger partial charge in [-0.25, -0.2) is 8.42 Å². The van der Waals surface area contributed by atoms with E-state index >= 15 is 0 Å². The summed E-state index contributed by atoms with van der Waals surface area (Å²) in [4.78, 5) is 0. The lowest BCUT2D eigenvalue weighted by Crippen LogP contribution is -2.26. The van der Waals surface area contributed by atoms with Crippen molar-refractivity contribution in [3.8, 4) is 0 Å². The third kappa shape index (κ3) is 2.83. The van der Waals surface area contributed by atoms with Crippen LogP contribution >= 0.6 is 0 Å². The van der Waals surface area contributed by atoms with Gasteiger partial charge in [-0.15, -0.1) is 0 Å². The monoisotopic (exact) mass is 242 g/mol. The maximum Gasteiger partial charge on any atom is 0.155 e. The SMILES string of the molecule is CCS(=O)(=O)[C@H](C)[C@H](O)c1ccc(C)cc1. The van der Waals surface area contributed by atoms with Crippen molar-refractivity contribution < 1.29 is 13.5 Å². The Labute approximate surface area is 97.0 Å². The Morgan fingerprint density at radius 2 is 1.75 bits per heavy atom. The van der Waals surface area contributed by atoms with Crippen LogP contribution in [0.3, 0.4) is 0 Å². The summed E-state index contributed by atoms with van der Waals surface area (Å²) in [6, 6.07) is 7.26. The van der Waals surface area contributed by atoms with E-state index in [-0.39, 0.29) is 5.75 Å². The molecule has 4 heteroatoms. The molecule has 1 rings (SSSR count). The summed E-state index contributed by atoms with van der Waals surface area (Å²) in [5, 5.41) is 9.20. The van der Waals surface area contributed by atoms with Crippen LogP contribution in [0.2, 0.25) is 0 Å². The molecule has 1 aromatic rings. The zero-order chi connectivity index (χ0) is 12.3. The number of rotatable bonds is 4. The van der Waals surface area contributed by atoms with Gasteiger partial charge in [0.15, 0.2) is 9.84 Å². The Balaban J connectivity index is 2.94. The Morgan fingerprint density at radius 3 is 2.19 bits per heavy atom. The molecule has 1 aromatic carbocycles. The van der Waals surface area contributed by atoms with Gasteiger partial charge < -0.3 is 5.11 Å². The van der Waals surface area contributed by atoms with Gasteiger partial charge in [-0.2, -0.15) is 0 Å². The maximum absolute atomic E-state index is 11.6. The summed E-state index contributed by atoms with van der Waals surface area (Å²) in [5.74, 6) is 0.0527. The Morgan fingerprint density at radius 1 is 1.25 bits per heavy atom. The number of aliphatic hydroxyl groups excluding tert-OH is 1. The molecule has 0 aliphatic heterocycles. The molecule has 0 heterocycles. The molecule has 0 unspecified atom stereocenters. The summed E-state index contributed by atoms with van der Waals surface area (Å²) < 4.78 is 23.2. The highest BCUT2D eigenvalue weighted by Gasteiger charge is 2.27. The van der Waals surface area contributed by atoms with Gasteiger partial charge in [-0.3, -0.25) is 0 Å². The number of hydrogen-bond acceptors (Lipinski definition) is 3. The first-order chi connectivity index (χ1) is 7.38. The molecule has 0 saturated carbocycles. The minimum absolute atomic E-state index is 0.0527. The molecular formula is C12H18O3S. The van der Waals surface area contributed by atoms with Crippen molar-refractivity contribution in [1.29, 1.82) is 0 Å². The average molecular weight is 242 g/mol. The van der Waals surface area contributed by atoms with Crippen molar-refractivity contribution >= 4 is 9.84 Å². The summed E-state index contributed by atoms with van der Waals surface area (Å²) in [7, 11) is -3.21. The fourth-order valence-corrected chi connectivity index (χ4v) is 2.57. The first-order valence-corrected chi connectivity index (χ1v) is 7.06. The molecule has 0 bridgehead atoms. The molecule has 0 amide bonds. The molecule has 0 spiro atoms. The summed E-state index contributed by atoms with van der Waals surface area (Å²) >= 11 is 0. The van der Waals surface area contributed by atoms with Crippen molar-refractivity contribution in [3.05, 3.63) is 35.4 Å². The van der Waals surface area contributed by atoms with Gasteiger partial charge in [0.05, 0.1) is 11.4 Å². The van der Waals surface area contributed by atoms with E-state index in [1.807, 2.05) is 19.1 Å². The maximum atomic E-state index is 11.6. The van der Waals surface area contributed by atoms with Crippen LogP contribution < -0.4 is 0 Å². The van der Waals surface area contributed by atoms with Crippen LogP contribution in [-0.2, 0) is 9.84 Å². The number of hydrogen-bond donors (Lipinski definition) is 1. The van der Waals surface area contributed by atoms with Crippen LogP contribution in [0.4, 0.5) is 0 Å². The van der Waals surface area contributed by atoms with Gasteiger partial charge in [-0.1, -0.05) is 36.8 Å². The summed E-state index contributed by atoms with van der Waals surface area (Å²) in [6.45, 7) is 5.08. The zero-order valence-electron chi connectivity index (χ0n) is 9.84. The predicted octanol–water partition coefficient (Wildman–Crippen LogP) is 1.85. The Bertz CT molecular complexity index is 434. The van der Waals surface area contributed by atoms with Crippen molar-refractivity contribution in [2.45, 2.75) is 32.1 Å². The molecule has 90 valence electrons. The second kappa shape index (κ2) is 4.97. The van der Waals surface area contributed by atoms with Crippen molar-refractivity contribution in [2.24, 2.45) is 0 Å². The molecule has 0 fully saturated rings. The van der Waals surface area contributed by atoms with Crippen LogP contribution in [0.5, 0.6) is 0 Å². The average Bonchev–Trinajstić information content (AvgIpc) is 2.28. The zero-order valence-corrected chi connectivity index (χ0v) is 10.7. The number of sulfone groups is 1. The van der Waals surface area contributed by atoms with Crippen molar-refractivity contribution in [1.82, 2.24) is 0 Å². The molecule has 0 aromatic heterocycles. The van der Waals surface area contributed by atoms with Crippen LogP contribution in [0.1, 0.15) is 31.1 Å². The molecule has 0 aliphatic carbocycles. The second-order valence-electron chi connectivity index (χ2n) is 4.01. The van der Waals surface area contributed by atoms with Gasteiger partial charge >= 0.3 is 0 Å². The van der Waals surface area contributed by atoms with E-state index in [1.54, 1.807) is 26.0 Å². The van der Waals surface area contributed by atoms with Gasteiger partial charge in [0.1, 0.15) is 0 Å². The number of aliphatic hydroxyl groups is 1. The summed E-state index contributed by atoms with van der Waals surface area (Å²) in [6.07, 6.45) is -0.953. The van der Waals surface area contributed by atoms with Gasteiger partial charge in [0.25, 0.3) is 0 Å². The Kier molecular flexibility index (Phi) is 4.10. The van der Waals surface area contributed by atoms with Gasteiger partial charge in [0.2, 0.25) is 0 Å². The lowest BCUT2D eigenvalue weighted by Gasteiger charge is -2.18. The molecule has 1 N–H and O–H groups in total. The molecule has 2 atom stereocenters. The lowest BCUT2D eigenvalue weighted by atomic mass is 10.1. The van der Waals surface area contributed by atoms with Crippen LogP contribution in [0.25, 0.3) is 0 Å². The molecular weight excluding hydrogens is 224 g/mol. The fourth-order valence-electron chi connectivity index (χ4n) is 1.49. The predicted molar refractivity (Wildman–Crippen MR) is 65.1 cm³/mol. The highest BCUT2D eigenvalue weighted by Crippen LogP contribution is 2.22. The van der Waals surface area contributed by atoms with E-state index in [2.05, 4.69) is 0 Å². The summed E-state index contributed by atoms with van der Waals surface area (Å²) in [5.41, 5.74) is 1.73. The molecule has 0 saturated heterocycles. The highest BCUT2D eigenvalue weighted by molar-refractivity contribution is 7.92. The largest absolute Gasteiger partial charge is 0.387 e. The normalized spacial score (nSPS) is 15.8. The fraction of sp³-hybridized carbons (Fsp3) is 0.500. The standard InChI is InChI=1S/C12H18O3S/c1-4-16(14,15)10(3)12(13)11-7-5-9(2)6-8-11/h5-8,10,12-13H,4H2,1-3H3/t10-,12+/m1/s1. The van der Waals surface area contributed by atoms with E-state index in [0.717, 1.165) is 5.56 Å². The van der Waals surface area contributed by atoms with E-state index in [0.29, 0.717) is 5.56 Å². The van der Waals surface area contributed by atoms with Crippen LogP contribution in [0.15, 0.2) is 24.3 Å². The minimum atomic E-state index is -3.21. The topological polar surface area (TPSA) is 54.4 Å². The molecule has 0 aliphatic rings. The van der Waals surface area contributed by atoms with E-state index in [1.165, 1.54) is 0 Å². The highest BCUT2D eigenvalue weighted by atomic mass is 32.2. The first kappa shape index (κ1) is 13.2.